The van der Waals surface area contributed by atoms with E-state index in [2.05, 4.69) is 5.10 Å². The number of carbonyl (C=O) groups excluding carboxylic acids is 3. The first kappa shape index (κ1) is 13.4. The Labute approximate surface area is 103 Å². The third-order valence-corrected chi connectivity index (χ3v) is 1.82. The predicted molar refractivity (Wildman–Crippen MR) is 62.5 cm³/mol. The molecule has 0 aromatic heterocycles. The maximum Gasteiger partial charge on any atom is 0.362 e. The van der Waals surface area contributed by atoms with Gasteiger partial charge in [0, 0.05) is 0 Å². The van der Waals surface area contributed by atoms with Gasteiger partial charge in [-0.25, -0.2) is 15.0 Å². The molecule has 0 aliphatic rings. The van der Waals surface area contributed by atoms with E-state index < -0.39 is 17.7 Å². The molecule has 0 atom stereocenters. The highest BCUT2D eigenvalue weighted by atomic mass is 16.5. The van der Waals surface area contributed by atoms with Gasteiger partial charge in [0.2, 0.25) is 5.71 Å². The predicted octanol–water partition coefficient (Wildman–Crippen LogP) is -0.0470. The fourth-order valence-corrected chi connectivity index (χ4v) is 1.03. The summed E-state index contributed by atoms with van der Waals surface area (Å²) in [4.78, 5) is 32.3. The number of hydrogen-bond acceptors (Lipinski definition) is 5. The standard InChI is InChI=1S/C11H11N3O4/c12-11(17)14-13-9(6-15)10(16)18-7-8-4-2-1-3-5-8/h1-6H,7H2,(H3,12,14,17)/b13-9+. The lowest BCUT2D eigenvalue weighted by Crippen LogP contribution is -2.29. The third-order valence-electron chi connectivity index (χ3n) is 1.82. The highest BCUT2D eigenvalue weighted by molar-refractivity contribution is 6.58. The zero-order chi connectivity index (χ0) is 13.4. The number of urea groups is 1. The second kappa shape index (κ2) is 6.79. The van der Waals surface area contributed by atoms with E-state index in [9.17, 15) is 14.4 Å². The Morgan fingerprint density at radius 3 is 2.56 bits per heavy atom. The van der Waals surface area contributed by atoms with Crippen molar-refractivity contribution in [3.05, 3.63) is 35.9 Å². The number of nitrogens with two attached hydrogens (primary N) is 1. The van der Waals surface area contributed by atoms with Crippen LogP contribution < -0.4 is 11.2 Å². The summed E-state index contributed by atoms with van der Waals surface area (Å²) < 4.78 is 4.82. The van der Waals surface area contributed by atoms with Gasteiger partial charge in [0.1, 0.15) is 6.61 Å². The van der Waals surface area contributed by atoms with Crippen LogP contribution in [0.3, 0.4) is 0 Å². The van der Waals surface area contributed by atoms with E-state index in [1.807, 2.05) is 6.07 Å². The number of rotatable bonds is 5. The van der Waals surface area contributed by atoms with Crippen LogP contribution in [0.2, 0.25) is 0 Å². The van der Waals surface area contributed by atoms with Crippen molar-refractivity contribution in [1.29, 1.82) is 0 Å². The summed E-state index contributed by atoms with van der Waals surface area (Å²) in [6, 6.07) is 7.92. The van der Waals surface area contributed by atoms with Gasteiger partial charge < -0.3 is 10.5 Å². The number of esters is 1. The van der Waals surface area contributed by atoms with Gasteiger partial charge in [-0.15, -0.1) is 0 Å². The summed E-state index contributed by atoms with van der Waals surface area (Å²) in [5.74, 6) is -0.942. The van der Waals surface area contributed by atoms with Gasteiger partial charge in [-0.05, 0) is 5.56 Å². The van der Waals surface area contributed by atoms with Crippen molar-refractivity contribution < 1.29 is 19.1 Å². The molecule has 0 aliphatic heterocycles. The zero-order valence-electron chi connectivity index (χ0n) is 9.33. The molecule has 18 heavy (non-hydrogen) atoms. The summed E-state index contributed by atoms with van der Waals surface area (Å²) in [6.45, 7) is 0.00308. The molecular weight excluding hydrogens is 238 g/mol. The van der Waals surface area contributed by atoms with Crippen LogP contribution in [0.25, 0.3) is 0 Å². The first-order chi connectivity index (χ1) is 8.63. The van der Waals surface area contributed by atoms with Crippen molar-refractivity contribution >= 4 is 24.0 Å². The van der Waals surface area contributed by atoms with Gasteiger partial charge in [-0.1, -0.05) is 30.3 Å². The summed E-state index contributed by atoms with van der Waals surface area (Å²) in [6.07, 6.45) is 0.170. The molecule has 3 N–H and O–H groups in total. The molecule has 94 valence electrons. The Morgan fingerprint density at radius 2 is 2.00 bits per heavy atom. The van der Waals surface area contributed by atoms with Gasteiger partial charge in [-0.2, -0.15) is 5.10 Å². The van der Waals surface area contributed by atoms with Crippen LogP contribution in [0.15, 0.2) is 35.4 Å². The molecule has 0 radical (unpaired) electrons. The molecule has 1 aromatic carbocycles. The van der Waals surface area contributed by atoms with E-state index in [4.69, 9.17) is 10.5 Å². The second-order valence-corrected chi connectivity index (χ2v) is 3.15. The molecule has 0 fully saturated rings. The molecule has 0 aliphatic carbocycles. The zero-order valence-corrected chi connectivity index (χ0v) is 9.33. The average Bonchev–Trinajstić information content (AvgIpc) is 2.38. The van der Waals surface area contributed by atoms with E-state index in [1.54, 1.807) is 29.7 Å². The number of ether oxygens (including phenoxy) is 1. The molecular formula is C11H11N3O4. The monoisotopic (exact) mass is 249 g/mol. The number of nitrogens with zero attached hydrogens (tertiary/aromatic N) is 1. The number of hydrazone groups is 1. The normalized spacial score (nSPS) is 10.6. The van der Waals surface area contributed by atoms with Crippen molar-refractivity contribution in [2.75, 3.05) is 0 Å². The van der Waals surface area contributed by atoms with Gasteiger partial charge in [0.25, 0.3) is 0 Å². The average molecular weight is 249 g/mol. The second-order valence-electron chi connectivity index (χ2n) is 3.15. The Kier molecular flexibility index (Phi) is 5.04. The van der Waals surface area contributed by atoms with Crippen LogP contribution in [-0.4, -0.2) is 24.0 Å². The van der Waals surface area contributed by atoms with Crippen LogP contribution in [0.5, 0.6) is 0 Å². The van der Waals surface area contributed by atoms with Crippen LogP contribution in [-0.2, 0) is 20.9 Å². The molecule has 7 nitrogen and oxygen atoms in total. The number of nitrogens with one attached hydrogen (secondary N) is 1. The first-order valence-corrected chi connectivity index (χ1v) is 4.93. The van der Waals surface area contributed by atoms with E-state index in [-0.39, 0.29) is 12.9 Å². The number of amides is 2. The number of primary amides is 1. The third kappa shape index (κ3) is 4.44. The molecule has 7 heteroatoms. The van der Waals surface area contributed by atoms with Crippen molar-refractivity contribution in [2.24, 2.45) is 10.8 Å². The quantitative estimate of drug-likeness (QED) is 0.250. The molecule has 0 unspecified atom stereocenters. The van der Waals surface area contributed by atoms with E-state index in [0.717, 1.165) is 5.56 Å². The van der Waals surface area contributed by atoms with E-state index >= 15 is 0 Å². The largest absolute Gasteiger partial charge is 0.456 e. The minimum Gasteiger partial charge on any atom is -0.456 e. The number of aldehydes is 1. The Balaban J connectivity index is 2.55. The van der Waals surface area contributed by atoms with Crippen molar-refractivity contribution in [2.45, 2.75) is 6.61 Å². The van der Waals surface area contributed by atoms with Gasteiger partial charge in [0.15, 0.2) is 6.29 Å². The highest BCUT2D eigenvalue weighted by Crippen LogP contribution is 2.00. The van der Waals surface area contributed by atoms with Crippen molar-refractivity contribution in [3.8, 4) is 0 Å². The van der Waals surface area contributed by atoms with Crippen molar-refractivity contribution in [3.63, 3.8) is 0 Å². The fraction of sp³-hybridized carbons (Fsp3) is 0.0909. The maximum atomic E-state index is 11.4. The summed E-state index contributed by atoms with van der Waals surface area (Å²) >= 11 is 0. The van der Waals surface area contributed by atoms with Gasteiger partial charge >= 0.3 is 12.0 Å². The van der Waals surface area contributed by atoms with Crippen LogP contribution in [0, 0.1) is 0 Å². The number of carbonyl (C=O) groups is 3. The Morgan fingerprint density at radius 1 is 1.33 bits per heavy atom. The lowest BCUT2D eigenvalue weighted by Gasteiger charge is -2.03. The molecule has 0 spiro atoms. The minimum atomic E-state index is -0.981. The molecule has 0 saturated carbocycles. The van der Waals surface area contributed by atoms with Crippen molar-refractivity contribution in [1.82, 2.24) is 5.43 Å². The molecule has 0 bridgehead atoms. The Hall–Kier alpha value is -2.70. The van der Waals surface area contributed by atoms with Gasteiger partial charge in [-0.3, -0.25) is 4.79 Å². The van der Waals surface area contributed by atoms with Crippen LogP contribution in [0.1, 0.15) is 5.56 Å². The molecule has 2 amide bonds. The molecule has 0 heterocycles. The minimum absolute atomic E-state index is 0.00308. The number of hydrogen-bond donors (Lipinski definition) is 2. The SMILES string of the molecule is NC(=O)N/N=C(\C=O)C(=O)OCc1ccccc1. The van der Waals surface area contributed by atoms with Crippen LogP contribution >= 0.6 is 0 Å². The molecule has 1 rings (SSSR count). The highest BCUT2D eigenvalue weighted by Gasteiger charge is 2.12. The molecule has 1 aromatic rings. The van der Waals surface area contributed by atoms with Crippen LogP contribution in [0.4, 0.5) is 4.79 Å². The maximum absolute atomic E-state index is 11.4. The topological polar surface area (TPSA) is 111 Å². The number of benzene rings is 1. The van der Waals surface area contributed by atoms with E-state index in [1.165, 1.54) is 0 Å². The lowest BCUT2D eigenvalue weighted by atomic mass is 10.2. The first-order valence-electron chi connectivity index (χ1n) is 4.93. The molecule has 0 saturated heterocycles. The van der Waals surface area contributed by atoms with E-state index in [0.29, 0.717) is 0 Å². The summed E-state index contributed by atoms with van der Waals surface area (Å²) in [5.41, 5.74) is 6.70. The Bertz CT molecular complexity index is 470. The fourth-order valence-electron chi connectivity index (χ4n) is 1.03. The smallest absolute Gasteiger partial charge is 0.362 e. The summed E-state index contributed by atoms with van der Waals surface area (Å²) in [5, 5.41) is 3.20. The lowest BCUT2D eigenvalue weighted by molar-refractivity contribution is -0.137. The van der Waals surface area contributed by atoms with Gasteiger partial charge in [0.05, 0.1) is 0 Å². The summed E-state index contributed by atoms with van der Waals surface area (Å²) in [7, 11) is 0.